The lowest BCUT2D eigenvalue weighted by molar-refractivity contribution is -0.278. The van der Waals surface area contributed by atoms with Gasteiger partial charge in [-0.15, -0.1) is 0 Å². The summed E-state index contributed by atoms with van der Waals surface area (Å²) in [6.07, 6.45) is 5.15. The van der Waals surface area contributed by atoms with Crippen LogP contribution in [-0.4, -0.2) is 96.2 Å². The van der Waals surface area contributed by atoms with Crippen LogP contribution in [0.15, 0.2) is 30.3 Å². The molecule has 1 aromatic rings. The molecule has 322 valence electrons. The van der Waals surface area contributed by atoms with Crippen LogP contribution in [0.3, 0.4) is 0 Å². The molecule has 0 unspecified atom stereocenters. The molecule has 0 bridgehead atoms. The Balaban J connectivity index is 2.27. The molecule has 0 spiro atoms. The van der Waals surface area contributed by atoms with E-state index in [-0.39, 0.29) is 13.0 Å². The van der Waals surface area contributed by atoms with E-state index in [0.717, 1.165) is 46.5 Å². The van der Waals surface area contributed by atoms with E-state index in [9.17, 15) is 28.8 Å². The van der Waals surface area contributed by atoms with Crippen molar-refractivity contribution >= 4 is 70.7 Å². The van der Waals surface area contributed by atoms with E-state index in [0.29, 0.717) is 12.0 Å². The Morgan fingerprint density at radius 1 is 0.754 bits per heavy atom. The van der Waals surface area contributed by atoms with Crippen LogP contribution in [0.1, 0.15) is 110 Å². The number of carbonyl (C=O) groups excluding carboxylic acids is 6. The van der Waals surface area contributed by atoms with Crippen LogP contribution >= 0.6 is 34.8 Å². The third-order valence-electron chi connectivity index (χ3n) is 8.63. The lowest BCUT2D eigenvalue weighted by Crippen LogP contribution is -2.67. The highest BCUT2D eigenvalue weighted by Crippen LogP contribution is 2.29. The van der Waals surface area contributed by atoms with Crippen molar-refractivity contribution in [3.8, 4) is 0 Å². The summed E-state index contributed by atoms with van der Waals surface area (Å²) in [6, 6.07) is 6.00. The molecule has 2 N–H and O–H groups in total. The zero-order chi connectivity index (χ0) is 42.2. The van der Waals surface area contributed by atoms with Crippen molar-refractivity contribution in [2.24, 2.45) is 0 Å². The van der Waals surface area contributed by atoms with Crippen LogP contribution < -0.4 is 10.6 Å². The first-order valence-corrected chi connectivity index (χ1v) is 20.5. The van der Waals surface area contributed by atoms with Gasteiger partial charge in [-0.3, -0.25) is 19.2 Å². The number of hydrogen-bond acceptors (Lipinski definition) is 13. The first-order valence-electron chi connectivity index (χ1n) is 19.3. The number of benzene rings is 1. The second-order valence-electron chi connectivity index (χ2n) is 13.7. The van der Waals surface area contributed by atoms with Crippen molar-refractivity contribution in [1.29, 1.82) is 0 Å². The third-order valence-corrected chi connectivity index (χ3v) is 8.96. The zero-order valence-corrected chi connectivity index (χ0v) is 35.4. The minimum Gasteiger partial charge on any atom is -0.463 e. The van der Waals surface area contributed by atoms with Crippen LogP contribution in [0.4, 0.5) is 4.79 Å². The van der Waals surface area contributed by atoms with Crippen molar-refractivity contribution in [1.82, 2.24) is 10.6 Å². The van der Waals surface area contributed by atoms with Crippen molar-refractivity contribution in [2.75, 3.05) is 19.8 Å². The Bertz CT molecular complexity index is 1400. The Kier molecular flexibility index (Phi) is 23.9. The van der Waals surface area contributed by atoms with Crippen molar-refractivity contribution in [2.45, 2.75) is 152 Å². The van der Waals surface area contributed by atoms with Gasteiger partial charge in [-0.2, -0.15) is 0 Å². The van der Waals surface area contributed by atoms with Gasteiger partial charge >= 0.3 is 30.0 Å². The summed E-state index contributed by atoms with van der Waals surface area (Å²) < 4.78 is 36.7. The summed E-state index contributed by atoms with van der Waals surface area (Å²) in [7, 11) is 0. The zero-order valence-electron chi connectivity index (χ0n) is 33.1. The third kappa shape index (κ3) is 21.8. The Morgan fingerprint density at radius 2 is 1.33 bits per heavy atom. The summed E-state index contributed by atoms with van der Waals surface area (Å²) in [5.41, 5.74) is 0.695. The van der Waals surface area contributed by atoms with Crippen LogP contribution in [0.25, 0.3) is 0 Å². The molecule has 57 heavy (non-hydrogen) atoms. The predicted molar refractivity (Wildman–Crippen MR) is 210 cm³/mol. The first kappa shape index (κ1) is 49.8. The Labute approximate surface area is 349 Å². The van der Waals surface area contributed by atoms with Gasteiger partial charge in [0.25, 0.3) is 0 Å². The summed E-state index contributed by atoms with van der Waals surface area (Å²) in [4.78, 5) is 75.9. The molecule has 1 aliphatic rings. The second kappa shape index (κ2) is 27.3. The van der Waals surface area contributed by atoms with Crippen LogP contribution in [0.5, 0.6) is 0 Å². The number of alkyl carbamates (subject to hydrolysis) is 1. The summed E-state index contributed by atoms with van der Waals surface area (Å²) >= 11 is 17.2. The maximum atomic E-state index is 13.5. The fourth-order valence-corrected chi connectivity index (χ4v) is 6.09. The van der Waals surface area contributed by atoms with E-state index in [1.54, 1.807) is 24.3 Å². The molecule has 1 aromatic carbocycles. The van der Waals surface area contributed by atoms with Gasteiger partial charge in [0.1, 0.15) is 32.0 Å². The van der Waals surface area contributed by atoms with E-state index in [4.69, 9.17) is 68.0 Å². The maximum Gasteiger partial charge on any atom is 0.407 e. The van der Waals surface area contributed by atoms with Gasteiger partial charge in [0.2, 0.25) is 9.70 Å². The van der Waals surface area contributed by atoms with Gasteiger partial charge < -0.3 is 43.8 Å². The predicted octanol–water partition coefficient (Wildman–Crippen LogP) is 6.55. The van der Waals surface area contributed by atoms with Gasteiger partial charge in [-0.25, -0.2) is 9.59 Å². The molecule has 2 amide bonds. The fourth-order valence-electron chi connectivity index (χ4n) is 5.93. The summed E-state index contributed by atoms with van der Waals surface area (Å²) in [5.74, 6) is -3.65. The molecule has 1 aliphatic heterocycles. The number of nitrogens with one attached hydrogen (secondary N) is 2. The fraction of sp³-hybridized carbons (Fsp3) is 0.692. The van der Waals surface area contributed by atoms with Gasteiger partial charge in [-0.1, -0.05) is 136 Å². The second-order valence-corrected chi connectivity index (χ2v) is 16.2. The highest BCUT2D eigenvalue weighted by atomic mass is 35.6. The summed E-state index contributed by atoms with van der Waals surface area (Å²) in [6.45, 7) is 3.61. The normalized spacial score (nSPS) is 19.7. The van der Waals surface area contributed by atoms with Gasteiger partial charge in [0.05, 0.1) is 6.61 Å². The quantitative estimate of drug-likeness (QED) is 0.0466. The molecule has 0 saturated carbocycles. The number of unbranched alkanes of at least 4 members (excludes halogenated alkanes) is 10. The van der Waals surface area contributed by atoms with Crippen LogP contribution in [0.2, 0.25) is 0 Å². The van der Waals surface area contributed by atoms with Crippen molar-refractivity contribution < 1.29 is 61.9 Å². The highest BCUT2D eigenvalue weighted by Gasteiger charge is 2.52. The van der Waals surface area contributed by atoms with E-state index in [1.165, 1.54) is 38.5 Å². The van der Waals surface area contributed by atoms with Gasteiger partial charge in [0, 0.05) is 27.2 Å². The maximum absolute atomic E-state index is 13.5. The minimum absolute atomic E-state index is 0.104. The molecule has 6 atom stereocenters. The van der Waals surface area contributed by atoms with E-state index >= 15 is 0 Å². The average molecular weight is 868 g/mol. The Hall–Kier alpha value is -3.37. The number of alkyl halides is 3. The van der Waals surface area contributed by atoms with Crippen LogP contribution in [-0.2, 0) is 63.7 Å². The number of hydrogen-bond donors (Lipinski definition) is 2. The number of rotatable bonds is 25. The molecule has 0 aliphatic carbocycles. The molecule has 2 rings (SSSR count). The number of halogens is 3. The number of carbonyl (C=O) groups is 6. The molecule has 0 aromatic heterocycles. The number of amides is 2. The SMILES string of the molecule is CCCCCCCCCCCCCC(=O)N[C@@H](CO[C@@H]1O[C@H](COC(C)=O)[C@@H](OC(C)=O)[C@H](OC(C)=O)[C@H]1NC(=O)OCC(Cl)(Cl)Cl)C(=O)OCc1ccccc1. The molecule has 1 fully saturated rings. The Morgan fingerprint density at radius 3 is 1.89 bits per heavy atom. The van der Waals surface area contributed by atoms with Crippen LogP contribution in [0, 0.1) is 0 Å². The molecule has 15 nitrogen and oxygen atoms in total. The molecule has 1 heterocycles. The molecular weight excluding hydrogens is 811 g/mol. The van der Waals surface area contributed by atoms with Gasteiger partial charge in [0.15, 0.2) is 24.5 Å². The smallest absolute Gasteiger partial charge is 0.407 e. The highest BCUT2D eigenvalue weighted by molar-refractivity contribution is 6.67. The van der Waals surface area contributed by atoms with Crippen molar-refractivity contribution in [3.63, 3.8) is 0 Å². The minimum atomic E-state index is -1.99. The summed E-state index contributed by atoms with van der Waals surface area (Å²) in [5, 5.41) is 5.10. The van der Waals surface area contributed by atoms with Gasteiger partial charge in [-0.05, 0) is 12.0 Å². The lowest BCUT2D eigenvalue weighted by Gasteiger charge is -2.45. The van der Waals surface area contributed by atoms with Crippen molar-refractivity contribution in [3.05, 3.63) is 35.9 Å². The molecule has 0 radical (unpaired) electrons. The average Bonchev–Trinajstić information content (AvgIpc) is 3.14. The molecule has 18 heteroatoms. The van der Waals surface area contributed by atoms with E-state index in [2.05, 4.69) is 17.6 Å². The molecular formula is C39H57Cl3N2O13. The monoisotopic (exact) mass is 866 g/mol. The largest absolute Gasteiger partial charge is 0.463 e. The first-order chi connectivity index (χ1) is 27.1. The van der Waals surface area contributed by atoms with E-state index in [1.807, 2.05) is 6.07 Å². The number of esters is 4. The standard InChI is InChI=1S/C39H57Cl3N2O13/c1-5-6-7-8-9-10-11-12-13-14-18-21-32(48)43-30(36(49)52-22-29-19-16-15-17-20-29)23-53-37-33(44-38(50)54-25-39(40,41)42)35(56-28(4)47)34(55-27(3)46)31(57-37)24-51-26(2)45/h15-17,19-20,30-31,33-35,37H,5-14,18,21-25H2,1-4H3,(H,43,48)(H,44,50)/t30-,31+,33+,34+,35+,37+/m0/s1. The molecule has 1 saturated heterocycles. The number of ether oxygens (including phenoxy) is 7. The lowest BCUT2D eigenvalue weighted by atomic mass is 9.96. The topological polar surface area (TPSA) is 191 Å². The van der Waals surface area contributed by atoms with E-state index < -0.39 is 96.2 Å².